The average Bonchev–Trinajstić information content (AvgIpc) is 2.99. The van der Waals surface area contributed by atoms with Gasteiger partial charge in [-0.2, -0.15) is 13.2 Å². The van der Waals surface area contributed by atoms with Crippen LogP contribution in [0.5, 0.6) is 0 Å². The van der Waals surface area contributed by atoms with Gasteiger partial charge in [0.2, 0.25) is 5.91 Å². The highest BCUT2D eigenvalue weighted by molar-refractivity contribution is 5.94. The number of alkyl halides is 3. The minimum Gasteiger partial charge on any atom is -0.341 e. The van der Waals surface area contributed by atoms with Gasteiger partial charge in [-0.25, -0.2) is 4.79 Å². The van der Waals surface area contributed by atoms with Crippen LogP contribution in [-0.4, -0.2) is 36.0 Å². The van der Waals surface area contributed by atoms with E-state index in [9.17, 15) is 22.8 Å². The van der Waals surface area contributed by atoms with Gasteiger partial charge >= 0.3 is 12.2 Å². The molecule has 126 valence electrons. The normalized spacial score (nSPS) is 16.1. The first kappa shape index (κ1) is 17.1. The van der Waals surface area contributed by atoms with E-state index in [0.717, 1.165) is 25.0 Å². The fraction of sp³-hybridized carbons (Fsp3) is 0.467. The number of benzene rings is 1. The second-order valence-corrected chi connectivity index (χ2v) is 5.40. The van der Waals surface area contributed by atoms with Crippen molar-refractivity contribution in [3.63, 3.8) is 0 Å². The van der Waals surface area contributed by atoms with Crippen molar-refractivity contribution >= 4 is 17.6 Å². The van der Waals surface area contributed by atoms with E-state index in [4.69, 9.17) is 0 Å². The summed E-state index contributed by atoms with van der Waals surface area (Å²) in [6.45, 7) is 2.79. The molecule has 1 aliphatic heterocycles. The molecule has 0 unspecified atom stereocenters. The number of nitrogens with one attached hydrogen (secondary N) is 2. The number of rotatable bonds is 3. The van der Waals surface area contributed by atoms with Gasteiger partial charge in [0.15, 0.2) is 0 Å². The van der Waals surface area contributed by atoms with Crippen molar-refractivity contribution in [1.29, 1.82) is 0 Å². The number of hydrogen-bond donors (Lipinski definition) is 2. The summed E-state index contributed by atoms with van der Waals surface area (Å²) in [7, 11) is 0. The predicted octanol–water partition coefficient (Wildman–Crippen LogP) is 2.84. The second kappa shape index (κ2) is 6.89. The number of amides is 3. The van der Waals surface area contributed by atoms with Gasteiger partial charge < -0.3 is 15.5 Å². The number of nitrogens with zero attached hydrogens (tertiary/aromatic N) is 1. The molecular formula is C15H18F3N3O2. The Morgan fingerprint density at radius 1 is 1.17 bits per heavy atom. The Bertz CT molecular complexity index is 584. The number of carbonyl (C=O) groups is 2. The zero-order valence-electron chi connectivity index (χ0n) is 12.6. The average molecular weight is 329 g/mol. The molecule has 1 heterocycles. The Balaban J connectivity index is 1.98. The lowest BCUT2D eigenvalue weighted by molar-refractivity contribution is -0.137. The standard InChI is InChI=1S/C15H18F3N3O2/c1-10(13(22)21-8-4-5-9-21)19-14(23)20-12-7-3-2-6-11(12)15(16,17)18/h2-3,6-7,10H,4-5,8-9H2,1H3,(H2,19,20,23)/t10-/m0/s1. The van der Waals surface area contributed by atoms with Crippen molar-refractivity contribution in [3.05, 3.63) is 29.8 Å². The van der Waals surface area contributed by atoms with Crippen LogP contribution in [0.2, 0.25) is 0 Å². The number of hydrogen-bond acceptors (Lipinski definition) is 2. The predicted molar refractivity (Wildman–Crippen MR) is 78.9 cm³/mol. The molecule has 1 aromatic rings. The molecule has 2 N–H and O–H groups in total. The monoisotopic (exact) mass is 329 g/mol. The van der Waals surface area contributed by atoms with E-state index in [-0.39, 0.29) is 11.6 Å². The maximum atomic E-state index is 12.9. The maximum Gasteiger partial charge on any atom is 0.418 e. The molecule has 1 atom stereocenters. The van der Waals surface area contributed by atoms with Crippen molar-refractivity contribution in [2.24, 2.45) is 0 Å². The number of urea groups is 1. The van der Waals surface area contributed by atoms with Gasteiger partial charge in [0.1, 0.15) is 6.04 Å². The molecule has 23 heavy (non-hydrogen) atoms. The first-order valence-corrected chi connectivity index (χ1v) is 7.31. The van der Waals surface area contributed by atoms with E-state index in [2.05, 4.69) is 10.6 Å². The first-order chi connectivity index (χ1) is 10.8. The van der Waals surface area contributed by atoms with Gasteiger partial charge in [0.25, 0.3) is 0 Å². The summed E-state index contributed by atoms with van der Waals surface area (Å²) in [5.74, 6) is -0.234. The summed E-state index contributed by atoms with van der Waals surface area (Å²) in [4.78, 5) is 25.6. The van der Waals surface area contributed by atoms with E-state index in [1.54, 1.807) is 4.90 Å². The van der Waals surface area contributed by atoms with Crippen LogP contribution >= 0.6 is 0 Å². The van der Waals surface area contributed by atoms with Crippen LogP contribution in [0.4, 0.5) is 23.7 Å². The fourth-order valence-electron chi connectivity index (χ4n) is 2.47. The Hall–Kier alpha value is -2.25. The summed E-state index contributed by atoms with van der Waals surface area (Å²) in [6.07, 6.45) is -2.73. The van der Waals surface area contributed by atoms with Crippen LogP contribution in [0, 0.1) is 0 Å². The van der Waals surface area contributed by atoms with Crippen LogP contribution in [0.25, 0.3) is 0 Å². The highest BCUT2D eigenvalue weighted by Gasteiger charge is 2.33. The molecule has 3 amide bonds. The van der Waals surface area contributed by atoms with Crippen LogP contribution in [0.15, 0.2) is 24.3 Å². The zero-order valence-corrected chi connectivity index (χ0v) is 12.6. The van der Waals surface area contributed by atoms with Crippen molar-refractivity contribution < 1.29 is 22.8 Å². The fourth-order valence-corrected chi connectivity index (χ4v) is 2.47. The van der Waals surface area contributed by atoms with Crippen LogP contribution in [0.3, 0.4) is 0 Å². The molecule has 0 aromatic heterocycles. The Morgan fingerprint density at radius 2 is 1.78 bits per heavy atom. The number of halogens is 3. The van der Waals surface area contributed by atoms with Gasteiger partial charge in [-0.05, 0) is 31.9 Å². The number of anilines is 1. The molecular weight excluding hydrogens is 311 g/mol. The molecule has 0 aliphatic carbocycles. The van der Waals surface area contributed by atoms with Crippen molar-refractivity contribution in [2.45, 2.75) is 32.0 Å². The number of carbonyl (C=O) groups excluding carboxylic acids is 2. The van der Waals surface area contributed by atoms with Gasteiger partial charge in [-0.15, -0.1) is 0 Å². The third-order valence-corrected chi connectivity index (χ3v) is 3.62. The molecule has 1 aliphatic rings. The minimum absolute atomic E-state index is 0.234. The summed E-state index contributed by atoms with van der Waals surface area (Å²) >= 11 is 0. The number of para-hydroxylation sites is 1. The molecule has 1 saturated heterocycles. The second-order valence-electron chi connectivity index (χ2n) is 5.40. The molecule has 0 saturated carbocycles. The summed E-state index contributed by atoms with van der Waals surface area (Å²) in [5.41, 5.74) is -1.29. The highest BCUT2D eigenvalue weighted by Crippen LogP contribution is 2.34. The zero-order chi connectivity index (χ0) is 17.0. The van der Waals surface area contributed by atoms with Crippen LogP contribution in [0.1, 0.15) is 25.3 Å². The van der Waals surface area contributed by atoms with Gasteiger partial charge in [0, 0.05) is 13.1 Å². The Labute approximate surface area is 131 Å². The number of likely N-dealkylation sites (tertiary alicyclic amines) is 1. The Morgan fingerprint density at radius 3 is 2.39 bits per heavy atom. The molecule has 8 heteroatoms. The van der Waals surface area contributed by atoms with Crippen molar-refractivity contribution in [1.82, 2.24) is 10.2 Å². The molecule has 1 aromatic carbocycles. The first-order valence-electron chi connectivity index (χ1n) is 7.31. The summed E-state index contributed by atoms with van der Waals surface area (Å²) in [6, 6.07) is 3.03. The Kier molecular flexibility index (Phi) is 5.12. The lowest BCUT2D eigenvalue weighted by Crippen LogP contribution is -2.47. The lowest BCUT2D eigenvalue weighted by atomic mass is 10.1. The molecule has 0 bridgehead atoms. The van der Waals surface area contributed by atoms with Gasteiger partial charge in [-0.3, -0.25) is 4.79 Å². The molecule has 5 nitrogen and oxygen atoms in total. The van der Waals surface area contributed by atoms with E-state index in [1.165, 1.54) is 19.1 Å². The highest BCUT2D eigenvalue weighted by atomic mass is 19.4. The third-order valence-electron chi connectivity index (χ3n) is 3.62. The summed E-state index contributed by atoms with van der Waals surface area (Å²) in [5, 5.41) is 4.53. The van der Waals surface area contributed by atoms with Crippen molar-refractivity contribution in [2.75, 3.05) is 18.4 Å². The van der Waals surface area contributed by atoms with E-state index in [0.29, 0.717) is 13.1 Å². The third kappa shape index (κ3) is 4.37. The molecule has 2 rings (SSSR count). The van der Waals surface area contributed by atoms with Crippen molar-refractivity contribution in [3.8, 4) is 0 Å². The minimum atomic E-state index is -4.57. The topological polar surface area (TPSA) is 61.4 Å². The quantitative estimate of drug-likeness (QED) is 0.896. The van der Waals surface area contributed by atoms with E-state index in [1.807, 2.05) is 0 Å². The summed E-state index contributed by atoms with van der Waals surface area (Å²) < 4.78 is 38.6. The van der Waals surface area contributed by atoms with Gasteiger partial charge in [0.05, 0.1) is 11.3 Å². The van der Waals surface area contributed by atoms with Crippen LogP contribution < -0.4 is 10.6 Å². The molecule has 0 radical (unpaired) electrons. The van der Waals surface area contributed by atoms with E-state index < -0.39 is 23.8 Å². The van der Waals surface area contributed by atoms with Crippen LogP contribution in [-0.2, 0) is 11.0 Å². The maximum absolute atomic E-state index is 12.9. The van der Waals surface area contributed by atoms with E-state index >= 15 is 0 Å². The molecule has 1 fully saturated rings. The van der Waals surface area contributed by atoms with Gasteiger partial charge in [-0.1, -0.05) is 12.1 Å². The largest absolute Gasteiger partial charge is 0.418 e. The smallest absolute Gasteiger partial charge is 0.341 e. The molecule has 0 spiro atoms. The SMILES string of the molecule is C[C@H](NC(=O)Nc1ccccc1C(F)(F)F)C(=O)N1CCCC1. The lowest BCUT2D eigenvalue weighted by Gasteiger charge is -2.21.